The van der Waals surface area contributed by atoms with Gasteiger partial charge in [0, 0.05) is 31.0 Å². The monoisotopic (exact) mass is 259 g/mol. The van der Waals surface area contributed by atoms with Crippen LogP contribution in [0.2, 0.25) is 0 Å². The predicted molar refractivity (Wildman–Crippen MR) is 77.2 cm³/mol. The van der Waals surface area contributed by atoms with Gasteiger partial charge in [-0.3, -0.25) is 4.79 Å². The number of nitrogen functional groups attached to an aromatic ring is 1. The molecule has 0 radical (unpaired) electrons. The Kier molecular flexibility index (Phi) is 3.09. The molecule has 1 saturated carbocycles. The Morgan fingerprint density at radius 3 is 3.00 bits per heavy atom. The lowest BCUT2D eigenvalue weighted by Crippen LogP contribution is -2.41. The average Bonchev–Trinajstić information content (AvgIpc) is 3.22. The van der Waals surface area contributed by atoms with E-state index in [1.807, 2.05) is 30.1 Å². The van der Waals surface area contributed by atoms with Gasteiger partial charge in [-0.25, -0.2) is 0 Å². The van der Waals surface area contributed by atoms with E-state index < -0.39 is 0 Å². The van der Waals surface area contributed by atoms with Crippen LogP contribution in [0, 0.1) is 0 Å². The van der Waals surface area contributed by atoms with Crippen molar-refractivity contribution in [3.05, 3.63) is 23.8 Å². The van der Waals surface area contributed by atoms with Crippen molar-refractivity contribution < 1.29 is 4.79 Å². The van der Waals surface area contributed by atoms with Gasteiger partial charge in [-0.15, -0.1) is 0 Å². The van der Waals surface area contributed by atoms with Crippen molar-refractivity contribution in [1.82, 2.24) is 4.90 Å². The second kappa shape index (κ2) is 4.76. The van der Waals surface area contributed by atoms with E-state index in [9.17, 15) is 4.79 Å². The van der Waals surface area contributed by atoms with E-state index >= 15 is 0 Å². The van der Waals surface area contributed by atoms with Crippen molar-refractivity contribution in [2.45, 2.75) is 31.7 Å². The number of aryl methyl sites for hydroxylation is 1. The number of fused-ring (bicyclic) bond motifs is 1. The lowest BCUT2D eigenvalue weighted by Gasteiger charge is -2.32. The highest BCUT2D eigenvalue weighted by Crippen LogP contribution is 2.30. The van der Waals surface area contributed by atoms with Gasteiger partial charge in [0.2, 0.25) is 5.91 Å². The first-order valence-corrected chi connectivity index (χ1v) is 7.04. The van der Waals surface area contributed by atoms with Crippen LogP contribution in [0.1, 0.15) is 24.8 Å². The number of rotatable bonds is 3. The van der Waals surface area contributed by atoms with Crippen LogP contribution in [0.4, 0.5) is 11.4 Å². The maximum Gasteiger partial charge on any atom is 0.242 e. The zero-order valence-electron chi connectivity index (χ0n) is 11.4. The molecule has 19 heavy (non-hydrogen) atoms. The second-order valence-electron chi connectivity index (χ2n) is 5.65. The minimum Gasteiger partial charge on any atom is -0.399 e. The molecule has 1 aromatic rings. The molecule has 0 saturated heterocycles. The highest BCUT2D eigenvalue weighted by Gasteiger charge is 2.30. The molecule has 0 aromatic heterocycles. The first-order chi connectivity index (χ1) is 9.15. The number of carbonyl (C=O) groups is 1. The van der Waals surface area contributed by atoms with Crippen LogP contribution >= 0.6 is 0 Å². The van der Waals surface area contributed by atoms with E-state index in [0.717, 1.165) is 37.9 Å². The maximum atomic E-state index is 12.2. The molecule has 0 atom stereocenters. The number of nitrogens with two attached hydrogens (primary N) is 1. The Bertz CT molecular complexity index is 496. The quantitative estimate of drug-likeness (QED) is 0.840. The molecule has 0 spiro atoms. The third-order valence-corrected chi connectivity index (χ3v) is 4.13. The molecular weight excluding hydrogens is 238 g/mol. The van der Waals surface area contributed by atoms with E-state index in [4.69, 9.17) is 5.73 Å². The Labute approximate surface area is 114 Å². The average molecular weight is 259 g/mol. The number of benzene rings is 1. The van der Waals surface area contributed by atoms with Crippen LogP contribution < -0.4 is 10.6 Å². The summed E-state index contributed by atoms with van der Waals surface area (Å²) in [4.78, 5) is 16.3. The van der Waals surface area contributed by atoms with Gasteiger partial charge in [-0.2, -0.15) is 0 Å². The first kappa shape index (κ1) is 12.3. The zero-order chi connectivity index (χ0) is 13.4. The Balaban J connectivity index is 1.74. The molecule has 1 amide bonds. The number of amides is 1. The molecule has 102 valence electrons. The van der Waals surface area contributed by atoms with Gasteiger partial charge in [0.1, 0.15) is 0 Å². The molecule has 3 rings (SSSR count). The number of hydrogen-bond donors (Lipinski definition) is 1. The number of hydrogen-bond acceptors (Lipinski definition) is 3. The van der Waals surface area contributed by atoms with Gasteiger partial charge in [0.05, 0.1) is 6.54 Å². The first-order valence-electron chi connectivity index (χ1n) is 7.04. The molecule has 1 aliphatic carbocycles. The van der Waals surface area contributed by atoms with Gasteiger partial charge in [-0.1, -0.05) is 0 Å². The zero-order valence-corrected chi connectivity index (χ0v) is 11.4. The molecule has 2 N–H and O–H groups in total. The predicted octanol–water partition coefficient (Wildman–Crippen LogP) is 1.64. The summed E-state index contributed by atoms with van der Waals surface area (Å²) in [5.74, 6) is 0.229. The number of nitrogens with zero attached hydrogens (tertiary/aromatic N) is 2. The largest absolute Gasteiger partial charge is 0.399 e. The van der Waals surface area contributed by atoms with Gasteiger partial charge in [0.25, 0.3) is 0 Å². The van der Waals surface area contributed by atoms with Crippen molar-refractivity contribution in [2.75, 3.05) is 30.8 Å². The van der Waals surface area contributed by atoms with Gasteiger partial charge >= 0.3 is 0 Å². The molecule has 1 fully saturated rings. The van der Waals surface area contributed by atoms with Crippen LogP contribution in [0.15, 0.2) is 18.2 Å². The molecule has 0 unspecified atom stereocenters. The molecule has 4 nitrogen and oxygen atoms in total. The minimum absolute atomic E-state index is 0.229. The summed E-state index contributed by atoms with van der Waals surface area (Å²) in [6, 6.07) is 6.50. The molecule has 4 heteroatoms. The summed E-state index contributed by atoms with van der Waals surface area (Å²) in [6.45, 7) is 1.45. The summed E-state index contributed by atoms with van der Waals surface area (Å²) in [5.41, 5.74) is 9.09. The lowest BCUT2D eigenvalue weighted by molar-refractivity contribution is -0.128. The standard InChI is InChI=1S/C15H21N3O/c1-17(13-5-6-13)15(19)10-18-8-2-3-11-9-12(16)4-7-14(11)18/h4,7,9,13H,2-3,5-6,8,10,16H2,1H3. The third-order valence-electron chi connectivity index (χ3n) is 4.13. The van der Waals surface area contributed by atoms with Crippen molar-refractivity contribution >= 4 is 17.3 Å². The Morgan fingerprint density at radius 2 is 2.26 bits per heavy atom. The summed E-state index contributed by atoms with van der Waals surface area (Å²) in [6.07, 6.45) is 4.48. The van der Waals surface area contributed by atoms with Crippen molar-refractivity contribution in [2.24, 2.45) is 0 Å². The molecule has 0 bridgehead atoms. The fourth-order valence-corrected chi connectivity index (χ4v) is 2.80. The van der Waals surface area contributed by atoms with Gasteiger partial charge in [-0.05, 0) is 49.4 Å². The topological polar surface area (TPSA) is 49.6 Å². The Hall–Kier alpha value is -1.71. The van der Waals surface area contributed by atoms with Crippen LogP contribution in [0.3, 0.4) is 0 Å². The molecule has 1 heterocycles. The van der Waals surface area contributed by atoms with E-state index in [2.05, 4.69) is 4.90 Å². The van der Waals surface area contributed by atoms with E-state index in [0.29, 0.717) is 12.6 Å². The van der Waals surface area contributed by atoms with Gasteiger partial charge < -0.3 is 15.5 Å². The highest BCUT2D eigenvalue weighted by atomic mass is 16.2. The fourth-order valence-electron chi connectivity index (χ4n) is 2.80. The second-order valence-corrected chi connectivity index (χ2v) is 5.65. The fraction of sp³-hybridized carbons (Fsp3) is 0.533. The Morgan fingerprint density at radius 1 is 1.47 bits per heavy atom. The summed E-state index contributed by atoms with van der Waals surface area (Å²) in [7, 11) is 1.92. The third kappa shape index (κ3) is 2.53. The molecular formula is C15H21N3O. The summed E-state index contributed by atoms with van der Waals surface area (Å²) >= 11 is 0. The van der Waals surface area contributed by atoms with E-state index in [1.54, 1.807) is 0 Å². The lowest BCUT2D eigenvalue weighted by atomic mass is 10.0. The van der Waals surface area contributed by atoms with Crippen LogP contribution in [-0.4, -0.2) is 37.0 Å². The minimum atomic E-state index is 0.229. The van der Waals surface area contributed by atoms with Crippen molar-refractivity contribution in [3.63, 3.8) is 0 Å². The van der Waals surface area contributed by atoms with E-state index in [-0.39, 0.29) is 5.91 Å². The van der Waals surface area contributed by atoms with Crippen molar-refractivity contribution in [1.29, 1.82) is 0 Å². The molecule has 2 aliphatic rings. The smallest absolute Gasteiger partial charge is 0.242 e. The van der Waals surface area contributed by atoms with Crippen LogP contribution in [0.25, 0.3) is 0 Å². The SMILES string of the molecule is CN(C(=O)CN1CCCc2cc(N)ccc21)C1CC1. The number of carbonyl (C=O) groups excluding carboxylic acids is 1. The normalized spacial score (nSPS) is 18.1. The van der Waals surface area contributed by atoms with Crippen LogP contribution in [-0.2, 0) is 11.2 Å². The maximum absolute atomic E-state index is 12.2. The molecule has 1 aliphatic heterocycles. The van der Waals surface area contributed by atoms with E-state index in [1.165, 1.54) is 11.3 Å². The summed E-state index contributed by atoms with van der Waals surface area (Å²) in [5, 5.41) is 0. The molecule has 1 aromatic carbocycles. The highest BCUT2D eigenvalue weighted by molar-refractivity contribution is 5.82. The van der Waals surface area contributed by atoms with Crippen LogP contribution in [0.5, 0.6) is 0 Å². The van der Waals surface area contributed by atoms with Crippen molar-refractivity contribution in [3.8, 4) is 0 Å². The number of likely N-dealkylation sites (N-methyl/N-ethyl adjacent to an activating group) is 1. The van der Waals surface area contributed by atoms with Gasteiger partial charge in [0.15, 0.2) is 0 Å². The number of anilines is 2. The summed E-state index contributed by atoms with van der Waals surface area (Å²) < 4.78 is 0.